The van der Waals surface area contributed by atoms with Gasteiger partial charge < -0.3 is 89.9 Å². The van der Waals surface area contributed by atoms with Crippen LogP contribution >= 0.6 is 0 Å². The summed E-state index contributed by atoms with van der Waals surface area (Å²) in [6.07, 6.45) is 16.6. The zero-order valence-corrected chi connectivity index (χ0v) is 47.9. The summed E-state index contributed by atoms with van der Waals surface area (Å²) in [7, 11) is 0. The van der Waals surface area contributed by atoms with Crippen LogP contribution in [0.1, 0.15) is 226 Å². The predicted molar refractivity (Wildman–Crippen MR) is 296 cm³/mol. The molecule has 3 aliphatic heterocycles. The summed E-state index contributed by atoms with van der Waals surface area (Å²) in [4.78, 5) is 13.3. The van der Waals surface area contributed by atoms with Gasteiger partial charge >= 0.3 is 0 Å². The van der Waals surface area contributed by atoms with Crippen molar-refractivity contribution in [2.45, 2.75) is 330 Å². The lowest BCUT2D eigenvalue weighted by Gasteiger charge is -2.46. The van der Waals surface area contributed by atoms with Crippen molar-refractivity contribution in [3.63, 3.8) is 0 Å². The number of aliphatic hydroxyl groups is 11. The lowest BCUT2D eigenvalue weighted by Crippen LogP contribution is -2.65. The molecule has 1 amide bonds. The second kappa shape index (κ2) is 43.2. The number of amides is 1. The van der Waals surface area contributed by atoms with Crippen LogP contribution in [-0.4, -0.2) is 193 Å². The molecule has 0 bridgehead atoms. The average Bonchev–Trinajstić information content (AvgIpc) is 3.45. The van der Waals surface area contributed by atoms with Crippen molar-refractivity contribution >= 4 is 5.91 Å². The molecule has 0 unspecified atom stereocenters. The zero-order chi connectivity index (χ0) is 56.9. The Kier molecular flexibility index (Phi) is 39.2. The Morgan fingerprint density at radius 1 is 0.462 bits per heavy atom. The maximum absolute atomic E-state index is 13.3. The molecule has 0 aliphatic carbocycles. The van der Waals surface area contributed by atoms with E-state index < -0.39 is 124 Å². The third kappa shape index (κ3) is 27.3. The summed E-state index contributed by atoms with van der Waals surface area (Å²) in [5.74, 6) is -0.272. The molecule has 0 aromatic heterocycles. The normalized spacial score (nSPS) is 30.5. The van der Waals surface area contributed by atoms with Crippen LogP contribution < -0.4 is 5.32 Å². The van der Waals surface area contributed by atoms with E-state index in [9.17, 15) is 61.0 Å². The molecule has 19 heteroatoms. The molecule has 3 heterocycles. The molecule has 3 rings (SSSR count). The molecule has 3 saturated heterocycles. The monoisotopic (exact) mass is 1120 g/mol. The third-order valence-electron chi connectivity index (χ3n) is 15.8. The van der Waals surface area contributed by atoms with Gasteiger partial charge in [0.15, 0.2) is 18.9 Å². The second-order valence-corrected chi connectivity index (χ2v) is 22.6. The lowest BCUT2D eigenvalue weighted by atomic mass is 9.97. The second-order valence-electron chi connectivity index (χ2n) is 22.6. The Morgan fingerprint density at radius 2 is 0.846 bits per heavy atom. The van der Waals surface area contributed by atoms with Gasteiger partial charge in [0.05, 0.1) is 38.6 Å². The summed E-state index contributed by atoms with van der Waals surface area (Å²) in [6.45, 7) is 1.97. The van der Waals surface area contributed by atoms with Gasteiger partial charge in [0.25, 0.3) is 0 Å². The zero-order valence-electron chi connectivity index (χ0n) is 47.9. The van der Waals surface area contributed by atoms with Gasteiger partial charge in [-0.2, -0.15) is 0 Å². The van der Waals surface area contributed by atoms with Crippen molar-refractivity contribution in [3.05, 3.63) is 12.2 Å². The van der Waals surface area contributed by atoms with E-state index >= 15 is 0 Å². The van der Waals surface area contributed by atoms with E-state index in [2.05, 4.69) is 19.2 Å². The van der Waals surface area contributed by atoms with Crippen LogP contribution in [0.25, 0.3) is 0 Å². The predicted octanol–water partition coefficient (Wildman–Crippen LogP) is 5.77. The minimum atomic E-state index is -1.89. The van der Waals surface area contributed by atoms with Gasteiger partial charge in [-0.05, 0) is 19.3 Å². The molecule has 0 aromatic carbocycles. The van der Waals surface area contributed by atoms with Crippen molar-refractivity contribution in [1.82, 2.24) is 5.32 Å². The topological polar surface area (TPSA) is 307 Å². The number of carbonyl (C=O) groups is 1. The van der Waals surface area contributed by atoms with Crippen molar-refractivity contribution in [3.8, 4) is 0 Å². The lowest BCUT2D eigenvalue weighted by molar-refractivity contribution is -0.364. The van der Waals surface area contributed by atoms with Gasteiger partial charge in [0.2, 0.25) is 5.91 Å². The van der Waals surface area contributed by atoms with Crippen LogP contribution in [0.4, 0.5) is 0 Å². The molecule has 460 valence electrons. The Bertz CT molecular complexity index is 1480. The Balaban J connectivity index is 1.48. The van der Waals surface area contributed by atoms with E-state index in [0.717, 1.165) is 44.9 Å². The maximum atomic E-state index is 13.3. The quantitative estimate of drug-likeness (QED) is 0.0254. The Morgan fingerprint density at radius 3 is 1.32 bits per heavy atom. The highest BCUT2D eigenvalue weighted by Gasteiger charge is 2.52. The fourth-order valence-electron chi connectivity index (χ4n) is 10.6. The first kappa shape index (κ1) is 70.8. The molecule has 78 heavy (non-hydrogen) atoms. The average molecular weight is 1120 g/mol. The van der Waals surface area contributed by atoms with Crippen LogP contribution in [-0.2, 0) is 33.2 Å². The highest BCUT2D eigenvalue weighted by atomic mass is 16.8. The summed E-state index contributed by atoms with van der Waals surface area (Å²) in [5.41, 5.74) is 0. The SMILES string of the molecule is CCCCCCCCCCCCCC/C=C/[C@@H](O)[C@H](CO[C@@H]1O[C@H](CO[C@@H]2O[C@H](CO)[C@H](O[C@H]3O[C@H](CO)[C@@H](O)[C@H](O)[C@H]3O)[C@H](O)[C@H]2O)[C@H](O)[C@H](O)[C@H]1O)NC(=O)CCCCCCCCCCCCCCCCCCCCC. The van der Waals surface area contributed by atoms with E-state index in [1.54, 1.807) is 6.08 Å². The molecule has 0 spiro atoms. The molecule has 3 fully saturated rings. The van der Waals surface area contributed by atoms with Crippen molar-refractivity contribution in [2.75, 3.05) is 26.4 Å². The first-order valence-electron chi connectivity index (χ1n) is 30.9. The third-order valence-corrected chi connectivity index (χ3v) is 15.8. The van der Waals surface area contributed by atoms with E-state index in [1.807, 2.05) is 6.08 Å². The first-order valence-corrected chi connectivity index (χ1v) is 30.9. The molecule has 0 radical (unpaired) electrons. The van der Waals surface area contributed by atoms with Crippen molar-refractivity contribution in [1.29, 1.82) is 0 Å². The molecular formula is C59H111NO18. The maximum Gasteiger partial charge on any atom is 0.220 e. The number of ether oxygens (including phenoxy) is 6. The minimum absolute atomic E-state index is 0.249. The summed E-state index contributed by atoms with van der Waals surface area (Å²) < 4.78 is 34.1. The molecule has 3 aliphatic rings. The van der Waals surface area contributed by atoms with Gasteiger partial charge in [0, 0.05) is 6.42 Å². The Labute approximate surface area is 467 Å². The minimum Gasteiger partial charge on any atom is -0.394 e. The first-order chi connectivity index (χ1) is 37.8. The Hall–Kier alpha value is -1.47. The van der Waals surface area contributed by atoms with Crippen molar-refractivity contribution in [2.24, 2.45) is 0 Å². The summed E-state index contributed by atoms with van der Waals surface area (Å²) in [6, 6.07) is -0.966. The number of hydrogen-bond acceptors (Lipinski definition) is 18. The van der Waals surface area contributed by atoms with Crippen LogP contribution in [0.2, 0.25) is 0 Å². The standard InChI is InChI=1S/C59H111NO18/c1-3-5-7-9-11-13-15-17-19-20-21-22-23-25-27-29-31-33-35-37-47(64)60-42(43(63)36-34-32-30-28-26-24-18-16-14-12-10-8-6-4-2)40-73-57-53(70)51(68)49(66)46(77-57)41-74-58-55(72)52(69)56(45(39-62)76-58)78-59-54(71)50(67)48(65)44(38-61)75-59/h34,36,42-46,48-59,61-63,65-72H,3-33,35,37-41H2,1-2H3,(H,60,64)/b36-34+/t42-,43+,44+,45+,46+,48+,49-,50-,51-,52+,53+,54+,55+,56-,57+,58+,59+/m0/s1. The van der Waals surface area contributed by atoms with Gasteiger partial charge in [-0.25, -0.2) is 0 Å². The number of rotatable bonds is 46. The highest BCUT2D eigenvalue weighted by molar-refractivity contribution is 5.76. The number of hydrogen-bond donors (Lipinski definition) is 12. The largest absolute Gasteiger partial charge is 0.394 e. The number of carbonyl (C=O) groups excluding carboxylic acids is 1. The number of allylic oxidation sites excluding steroid dienone is 1. The fraction of sp³-hybridized carbons (Fsp3) is 0.949. The van der Waals surface area contributed by atoms with Gasteiger partial charge in [-0.1, -0.05) is 212 Å². The highest BCUT2D eigenvalue weighted by Crippen LogP contribution is 2.31. The number of nitrogens with one attached hydrogen (secondary N) is 1. The molecule has 12 N–H and O–H groups in total. The number of unbranched alkanes of at least 4 members (excludes halogenated alkanes) is 30. The van der Waals surface area contributed by atoms with Crippen LogP contribution in [0.5, 0.6) is 0 Å². The van der Waals surface area contributed by atoms with Gasteiger partial charge in [0.1, 0.15) is 73.2 Å². The summed E-state index contributed by atoms with van der Waals surface area (Å²) in [5, 5.41) is 120. The van der Waals surface area contributed by atoms with Crippen LogP contribution in [0.15, 0.2) is 12.2 Å². The van der Waals surface area contributed by atoms with Gasteiger partial charge in [-0.3, -0.25) is 4.79 Å². The smallest absolute Gasteiger partial charge is 0.220 e. The van der Waals surface area contributed by atoms with Crippen LogP contribution in [0.3, 0.4) is 0 Å². The molecule has 0 aromatic rings. The van der Waals surface area contributed by atoms with Gasteiger partial charge in [-0.15, -0.1) is 0 Å². The van der Waals surface area contributed by atoms with E-state index in [0.29, 0.717) is 6.42 Å². The van der Waals surface area contributed by atoms with Crippen molar-refractivity contribution < 1.29 is 89.4 Å². The van der Waals surface area contributed by atoms with Crippen LogP contribution in [0, 0.1) is 0 Å². The molecule has 19 nitrogen and oxygen atoms in total. The fourth-order valence-corrected chi connectivity index (χ4v) is 10.6. The van der Waals surface area contributed by atoms with E-state index in [-0.39, 0.29) is 18.9 Å². The van der Waals surface area contributed by atoms with E-state index in [4.69, 9.17) is 28.4 Å². The summed E-state index contributed by atoms with van der Waals surface area (Å²) >= 11 is 0. The van der Waals surface area contributed by atoms with E-state index in [1.165, 1.54) is 154 Å². The molecular weight excluding hydrogens is 1010 g/mol. The number of aliphatic hydroxyl groups excluding tert-OH is 11. The molecule has 17 atom stereocenters. The molecule has 0 saturated carbocycles.